The van der Waals surface area contributed by atoms with Crippen molar-refractivity contribution in [2.45, 2.75) is 26.2 Å². The number of hydrogen-bond acceptors (Lipinski definition) is 5. The molecule has 0 spiro atoms. The number of hydrogen-bond donors (Lipinski definition) is 2. The zero-order chi connectivity index (χ0) is 15.7. The number of nitrogens with zero attached hydrogens (tertiary/aromatic N) is 1. The highest BCUT2D eigenvalue weighted by Gasteiger charge is 2.48. The molecule has 1 aromatic carbocycles. The molecule has 22 heavy (non-hydrogen) atoms. The van der Waals surface area contributed by atoms with Gasteiger partial charge in [0.15, 0.2) is 5.78 Å². The van der Waals surface area contributed by atoms with E-state index in [1.165, 1.54) is 16.9 Å². The molecule has 1 heterocycles. The number of nitrogens with two attached hydrogens (primary N) is 1. The second-order valence-electron chi connectivity index (χ2n) is 5.96. The maximum absolute atomic E-state index is 12.0. The fourth-order valence-electron chi connectivity index (χ4n) is 2.43. The Bertz CT molecular complexity index is 734. The van der Waals surface area contributed by atoms with Gasteiger partial charge in [-0.2, -0.15) is 0 Å². The zero-order valence-electron chi connectivity index (χ0n) is 12.5. The van der Waals surface area contributed by atoms with Crippen LogP contribution in [0, 0.1) is 12.3 Å². The summed E-state index contributed by atoms with van der Waals surface area (Å²) >= 11 is 1.53. The van der Waals surface area contributed by atoms with Gasteiger partial charge in [-0.3, -0.25) is 9.59 Å². The Hall–Kier alpha value is -1.79. The minimum absolute atomic E-state index is 0.0306. The number of aryl methyl sites for hydroxylation is 1. The van der Waals surface area contributed by atoms with E-state index in [-0.39, 0.29) is 24.7 Å². The summed E-state index contributed by atoms with van der Waals surface area (Å²) < 4.78 is 1.09. The molecule has 116 valence electrons. The average molecular weight is 317 g/mol. The van der Waals surface area contributed by atoms with E-state index in [4.69, 9.17) is 5.73 Å². The van der Waals surface area contributed by atoms with E-state index in [0.29, 0.717) is 6.54 Å². The minimum atomic E-state index is -0.409. The molecule has 1 aliphatic carbocycles. The second kappa shape index (κ2) is 5.78. The summed E-state index contributed by atoms with van der Waals surface area (Å²) in [4.78, 5) is 28.4. The van der Waals surface area contributed by atoms with Crippen LogP contribution in [0.15, 0.2) is 18.2 Å². The summed E-state index contributed by atoms with van der Waals surface area (Å²) in [5.74, 6) is -0.125. The Morgan fingerprint density at radius 2 is 2.18 bits per heavy atom. The molecule has 6 heteroatoms. The van der Waals surface area contributed by atoms with Crippen molar-refractivity contribution in [2.75, 3.05) is 13.1 Å². The lowest BCUT2D eigenvalue weighted by Gasteiger charge is -2.11. The predicted molar refractivity (Wildman–Crippen MR) is 86.8 cm³/mol. The van der Waals surface area contributed by atoms with Crippen molar-refractivity contribution in [1.29, 1.82) is 0 Å². The first-order chi connectivity index (χ1) is 10.5. The lowest BCUT2D eigenvalue weighted by Crippen LogP contribution is -2.39. The molecule has 1 amide bonds. The van der Waals surface area contributed by atoms with Crippen molar-refractivity contribution in [3.05, 3.63) is 28.8 Å². The number of rotatable bonds is 6. The number of Topliss-reactive ketones (excluding diaryl/α,β-unsaturated/α-hetero) is 1. The van der Waals surface area contributed by atoms with Crippen molar-refractivity contribution in [1.82, 2.24) is 10.3 Å². The van der Waals surface area contributed by atoms with Crippen molar-refractivity contribution >= 4 is 33.2 Å². The van der Waals surface area contributed by atoms with Gasteiger partial charge in [-0.25, -0.2) is 4.98 Å². The normalized spacial score (nSPS) is 15.7. The van der Waals surface area contributed by atoms with Gasteiger partial charge < -0.3 is 11.1 Å². The fraction of sp³-hybridized carbons (Fsp3) is 0.438. The van der Waals surface area contributed by atoms with Crippen molar-refractivity contribution in [2.24, 2.45) is 11.1 Å². The molecule has 3 N–H and O–H groups in total. The van der Waals surface area contributed by atoms with E-state index in [1.54, 1.807) is 0 Å². The average Bonchev–Trinajstić information content (AvgIpc) is 3.20. The van der Waals surface area contributed by atoms with Crippen molar-refractivity contribution in [3.8, 4) is 0 Å². The largest absolute Gasteiger partial charge is 0.348 e. The molecule has 1 fully saturated rings. The van der Waals surface area contributed by atoms with Gasteiger partial charge in [-0.05, 0) is 37.5 Å². The van der Waals surface area contributed by atoms with Gasteiger partial charge in [0.05, 0.1) is 28.6 Å². The van der Waals surface area contributed by atoms with Gasteiger partial charge in [-0.15, -0.1) is 11.3 Å². The molecule has 3 rings (SSSR count). The molecule has 0 saturated heterocycles. The first kappa shape index (κ1) is 15.1. The zero-order valence-corrected chi connectivity index (χ0v) is 13.3. The van der Waals surface area contributed by atoms with E-state index in [0.717, 1.165) is 28.1 Å². The summed E-state index contributed by atoms with van der Waals surface area (Å²) in [5, 5.41) is 3.50. The lowest BCUT2D eigenvalue weighted by molar-refractivity contribution is -0.128. The molecule has 0 atom stereocenters. The number of thiazole rings is 1. The molecule has 0 bridgehead atoms. The van der Waals surface area contributed by atoms with E-state index < -0.39 is 5.41 Å². The van der Waals surface area contributed by atoms with Crippen LogP contribution in [-0.4, -0.2) is 29.8 Å². The molecule has 0 unspecified atom stereocenters. The third kappa shape index (κ3) is 3.03. The Morgan fingerprint density at radius 1 is 1.41 bits per heavy atom. The minimum Gasteiger partial charge on any atom is -0.348 e. The number of carbonyl (C=O) groups is 2. The van der Waals surface area contributed by atoms with Gasteiger partial charge in [0.1, 0.15) is 5.01 Å². The summed E-state index contributed by atoms with van der Waals surface area (Å²) in [5.41, 5.74) is 7.29. The van der Waals surface area contributed by atoms with Crippen molar-refractivity contribution in [3.63, 3.8) is 0 Å². The molecule has 2 aromatic rings. The summed E-state index contributed by atoms with van der Waals surface area (Å²) in [6, 6.07) is 6.05. The van der Waals surface area contributed by atoms with Crippen LogP contribution in [-0.2, 0) is 16.0 Å². The number of amides is 1. The number of ketones is 1. The molecule has 1 saturated carbocycles. The third-order valence-corrected chi connectivity index (χ3v) is 5.13. The Balaban J connectivity index is 1.57. The summed E-state index contributed by atoms with van der Waals surface area (Å²) in [7, 11) is 0. The van der Waals surface area contributed by atoms with Crippen LogP contribution in [0.5, 0.6) is 0 Å². The first-order valence-corrected chi connectivity index (χ1v) is 8.20. The van der Waals surface area contributed by atoms with Crippen LogP contribution in [0.25, 0.3) is 10.2 Å². The Labute approximate surface area is 132 Å². The fourth-order valence-corrected chi connectivity index (χ4v) is 3.52. The molecular formula is C16H19N3O2S. The van der Waals surface area contributed by atoms with Gasteiger partial charge in [0, 0.05) is 6.54 Å². The first-order valence-electron chi connectivity index (χ1n) is 7.38. The predicted octanol–water partition coefficient (Wildman–Crippen LogP) is 1.57. The van der Waals surface area contributed by atoms with Crippen LogP contribution in [0.2, 0.25) is 0 Å². The van der Waals surface area contributed by atoms with Crippen LogP contribution in [0.1, 0.15) is 23.4 Å². The van der Waals surface area contributed by atoms with E-state index in [2.05, 4.69) is 16.4 Å². The van der Waals surface area contributed by atoms with E-state index >= 15 is 0 Å². The van der Waals surface area contributed by atoms with Crippen LogP contribution in [0.3, 0.4) is 0 Å². The highest BCUT2D eigenvalue weighted by Crippen LogP contribution is 2.44. The van der Waals surface area contributed by atoms with E-state index in [9.17, 15) is 9.59 Å². The standard InChI is InChI=1S/C16H19N3O2S/c1-10-2-3-12-13(6-10)22-14(19-12)7-11(20)8-18-15(21)16(9-17)4-5-16/h2-3,6H,4-5,7-9,17H2,1H3,(H,18,21). The number of nitrogens with one attached hydrogen (secondary N) is 1. The molecule has 1 aliphatic rings. The van der Waals surface area contributed by atoms with Gasteiger partial charge in [-0.1, -0.05) is 6.07 Å². The SMILES string of the molecule is Cc1ccc2nc(CC(=O)CNC(=O)C3(CN)CC3)sc2c1. The molecule has 0 radical (unpaired) electrons. The van der Waals surface area contributed by atoms with E-state index in [1.807, 2.05) is 19.1 Å². The number of carbonyl (C=O) groups excluding carboxylic acids is 2. The Kier molecular flexibility index (Phi) is 3.97. The van der Waals surface area contributed by atoms with Crippen LogP contribution < -0.4 is 11.1 Å². The summed E-state index contributed by atoms with van der Waals surface area (Å²) in [6.45, 7) is 2.43. The monoisotopic (exact) mass is 317 g/mol. The van der Waals surface area contributed by atoms with Crippen LogP contribution >= 0.6 is 11.3 Å². The van der Waals surface area contributed by atoms with Gasteiger partial charge in [0.2, 0.25) is 5.91 Å². The molecule has 5 nitrogen and oxygen atoms in total. The maximum atomic E-state index is 12.0. The number of fused-ring (bicyclic) bond motifs is 1. The van der Waals surface area contributed by atoms with Crippen LogP contribution in [0.4, 0.5) is 0 Å². The van der Waals surface area contributed by atoms with Crippen molar-refractivity contribution < 1.29 is 9.59 Å². The third-order valence-electron chi connectivity index (χ3n) is 4.11. The summed E-state index contributed by atoms with van der Waals surface area (Å²) in [6.07, 6.45) is 1.90. The number of benzene rings is 1. The number of aromatic nitrogens is 1. The quantitative estimate of drug-likeness (QED) is 0.847. The topological polar surface area (TPSA) is 85.1 Å². The molecule has 1 aromatic heterocycles. The highest BCUT2D eigenvalue weighted by atomic mass is 32.1. The molecule has 0 aliphatic heterocycles. The molecular weight excluding hydrogens is 298 g/mol. The highest BCUT2D eigenvalue weighted by molar-refractivity contribution is 7.18. The lowest BCUT2D eigenvalue weighted by atomic mass is 10.1. The smallest absolute Gasteiger partial charge is 0.227 e. The maximum Gasteiger partial charge on any atom is 0.227 e. The Morgan fingerprint density at radius 3 is 2.86 bits per heavy atom. The second-order valence-corrected chi connectivity index (χ2v) is 7.08. The van der Waals surface area contributed by atoms with Gasteiger partial charge in [0.25, 0.3) is 0 Å². The van der Waals surface area contributed by atoms with Gasteiger partial charge >= 0.3 is 0 Å².